The van der Waals surface area contributed by atoms with Crippen LogP contribution in [0.25, 0.3) is 0 Å². The lowest BCUT2D eigenvalue weighted by Crippen LogP contribution is -2.40. The van der Waals surface area contributed by atoms with Gasteiger partial charge in [0.15, 0.2) is 0 Å². The van der Waals surface area contributed by atoms with Crippen LogP contribution >= 0.6 is 0 Å². The zero-order valence-corrected chi connectivity index (χ0v) is 10.2. The minimum Gasteiger partial charge on any atom is -0.465 e. The van der Waals surface area contributed by atoms with E-state index in [-0.39, 0.29) is 18.4 Å². The van der Waals surface area contributed by atoms with Gasteiger partial charge in [-0.3, -0.25) is 0 Å². The van der Waals surface area contributed by atoms with Crippen LogP contribution in [0.3, 0.4) is 0 Å². The molecule has 1 aliphatic rings. The predicted octanol–water partition coefficient (Wildman–Crippen LogP) is 1.01. The summed E-state index contributed by atoms with van der Waals surface area (Å²) in [6.07, 6.45) is 0.0997. The van der Waals surface area contributed by atoms with E-state index in [0.717, 1.165) is 10.6 Å². The highest BCUT2D eigenvalue weighted by Crippen LogP contribution is 2.28. The number of carbonyl (C=O) groups is 1. The number of piperidine rings is 1. The molecule has 98 valence electrons. The van der Waals surface area contributed by atoms with Crippen LogP contribution in [0.4, 0.5) is 0 Å². The van der Waals surface area contributed by atoms with Crippen LogP contribution in [0.1, 0.15) is 28.3 Å². The van der Waals surface area contributed by atoms with E-state index in [1.807, 2.05) is 12.1 Å². The van der Waals surface area contributed by atoms with Crippen LogP contribution in [-0.4, -0.2) is 47.6 Å². The number of hydrogen-bond donors (Lipinski definition) is 2. The molecule has 2 atom stereocenters. The number of aliphatic hydroxyl groups excluding tert-OH is 1. The van der Waals surface area contributed by atoms with Gasteiger partial charge in [-0.1, -0.05) is 12.1 Å². The summed E-state index contributed by atoms with van der Waals surface area (Å²) in [6.45, 7) is 0.796. The van der Waals surface area contributed by atoms with Gasteiger partial charge < -0.3 is 15.1 Å². The van der Waals surface area contributed by atoms with Gasteiger partial charge in [0, 0.05) is 12.5 Å². The monoisotopic (exact) mass is 251 g/mol. The van der Waals surface area contributed by atoms with Gasteiger partial charge in [-0.05, 0) is 24.1 Å². The van der Waals surface area contributed by atoms with Crippen molar-refractivity contribution in [2.24, 2.45) is 0 Å². The van der Waals surface area contributed by atoms with Crippen molar-refractivity contribution in [3.63, 3.8) is 0 Å². The molecular formula is C13H17NO4. The highest BCUT2D eigenvalue weighted by Gasteiger charge is 2.28. The summed E-state index contributed by atoms with van der Waals surface area (Å²) in [5.41, 5.74) is 1.47. The Morgan fingerprint density at radius 3 is 2.61 bits per heavy atom. The molecule has 5 nitrogen and oxygen atoms in total. The first kappa shape index (κ1) is 13.0. The van der Waals surface area contributed by atoms with Crippen molar-refractivity contribution < 1.29 is 19.8 Å². The highest BCUT2D eigenvalue weighted by atomic mass is 16.5. The maximum atomic E-state index is 11.3. The summed E-state index contributed by atoms with van der Waals surface area (Å²) in [7, 11) is 1.34. The Hall–Kier alpha value is -1.43. The zero-order valence-electron chi connectivity index (χ0n) is 10.2. The summed E-state index contributed by atoms with van der Waals surface area (Å²) in [5.74, 6) is -0.368. The molecule has 1 aliphatic heterocycles. The Balaban J connectivity index is 2.12. The summed E-state index contributed by atoms with van der Waals surface area (Å²) in [5, 5.41) is 20.4. The summed E-state index contributed by atoms with van der Waals surface area (Å²) >= 11 is 0. The van der Waals surface area contributed by atoms with Crippen LogP contribution < -0.4 is 0 Å². The number of aliphatic hydroxyl groups is 1. The number of methoxy groups -OCH3 is 1. The summed E-state index contributed by atoms with van der Waals surface area (Å²) in [4.78, 5) is 11.3. The van der Waals surface area contributed by atoms with Gasteiger partial charge in [0.2, 0.25) is 0 Å². The molecule has 0 spiro atoms. The standard InChI is InChI=1S/C13H17NO4/c1-18-13(16)10-4-2-9(3-5-10)11-6-7-14(17)8-12(11)15/h2-5,11-12,15,17H,6-8H2,1H3. The highest BCUT2D eigenvalue weighted by molar-refractivity contribution is 5.89. The normalized spacial score (nSPS) is 24.8. The first-order valence-electron chi connectivity index (χ1n) is 5.92. The molecular weight excluding hydrogens is 234 g/mol. The van der Waals surface area contributed by atoms with E-state index in [1.54, 1.807) is 12.1 Å². The lowest BCUT2D eigenvalue weighted by atomic mass is 9.87. The second-order valence-electron chi connectivity index (χ2n) is 4.49. The van der Waals surface area contributed by atoms with Gasteiger partial charge in [0.05, 0.1) is 25.3 Å². The van der Waals surface area contributed by atoms with E-state index in [4.69, 9.17) is 0 Å². The van der Waals surface area contributed by atoms with Gasteiger partial charge in [0.1, 0.15) is 0 Å². The number of hydroxylamine groups is 2. The minimum absolute atomic E-state index is 0.0000898. The molecule has 1 heterocycles. The van der Waals surface area contributed by atoms with Gasteiger partial charge >= 0.3 is 5.97 Å². The van der Waals surface area contributed by atoms with Crippen molar-refractivity contribution in [1.82, 2.24) is 5.06 Å². The summed E-state index contributed by atoms with van der Waals surface area (Å²) in [6, 6.07) is 7.04. The molecule has 1 aromatic carbocycles. The first-order valence-corrected chi connectivity index (χ1v) is 5.92. The fourth-order valence-corrected chi connectivity index (χ4v) is 2.29. The fraction of sp³-hybridized carbons (Fsp3) is 0.462. The zero-order chi connectivity index (χ0) is 13.1. The van der Waals surface area contributed by atoms with Gasteiger partial charge in [0.25, 0.3) is 0 Å². The van der Waals surface area contributed by atoms with Crippen molar-refractivity contribution in [2.75, 3.05) is 20.2 Å². The Kier molecular flexibility index (Phi) is 3.96. The molecule has 0 radical (unpaired) electrons. The van der Waals surface area contributed by atoms with Crippen molar-refractivity contribution in [3.8, 4) is 0 Å². The van der Waals surface area contributed by atoms with Crippen molar-refractivity contribution in [1.29, 1.82) is 0 Å². The number of hydrogen-bond acceptors (Lipinski definition) is 5. The molecule has 1 aromatic rings. The smallest absolute Gasteiger partial charge is 0.337 e. The SMILES string of the molecule is COC(=O)c1ccc(C2CCN(O)CC2O)cc1. The first-order chi connectivity index (χ1) is 8.61. The van der Waals surface area contributed by atoms with Gasteiger partial charge in [-0.15, -0.1) is 0 Å². The van der Waals surface area contributed by atoms with Crippen molar-refractivity contribution in [2.45, 2.75) is 18.4 Å². The van der Waals surface area contributed by atoms with Crippen molar-refractivity contribution >= 4 is 5.97 Å². The molecule has 1 fully saturated rings. The number of nitrogens with zero attached hydrogens (tertiary/aromatic N) is 1. The predicted molar refractivity (Wildman–Crippen MR) is 64.5 cm³/mol. The molecule has 0 amide bonds. The molecule has 2 N–H and O–H groups in total. The second-order valence-corrected chi connectivity index (χ2v) is 4.49. The van der Waals surface area contributed by atoms with Crippen LogP contribution in [0.2, 0.25) is 0 Å². The van der Waals surface area contributed by atoms with Gasteiger partial charge in [-0.2, -0.15) is 5.06 Å². The number of β-amino-alcohol motifs (C(OH)–C–C–N with tert-alkyl or cyclic N) is 1. The molecule has 5 heteroatoms. The average Bonchev–Trinajstić information content (AvgIpc) is 2.38. The molecule has 2 unspecified atom stereocenters. The van der Waals surface area contributed by atoms with Crippen LogP contribution in [-0.2, 0) is 4.74 Å². The Labute approximate surface area is 106 Å². The molecule has 0 saturated carbocycles. The average molecular weight is 251 g/mol. The van der Waals surface area contributed by atoms with E-state index in [1.165, 1.54) is 7.11 Å². The number of rotatable bonds is 2. The maximum absolute atomic E-state index is 11.3. The second kappa shape index (κ2) is 5.48. The fourth-order valence-electron chi connectivity index (χ4n) is 2.29. The largest absolute Gasteiger partial charge is 0.465 e. The van der Waals surface area contributed by atoms with Crippen molar-refractivity contribution in [3.05, 3.63) is 35.4 Å². The van der Waals surface area contributed by atoms with E-state index >= 15 is 0 Å². The third-order valence-electron chi connectivity index (χ3n) is 3.32. The van der Waals surface area contributed by atoms with E-state index < -0.39 is 6.10 Å². The minimum atomic E-state index is -0.590. The topological polar surface area (TPSA) is 70.0 Å². The van der Waals surface area contributed by atoms with E-state index in [9.17, 15) is 15.1 Å². The number of benzene rings is 1. The molecule has 0 bridgehead atoms. The third-order valence-corrected chi connectivity index (χ3v) is 3.32. The molecule has 18 heavy (non-hydrogen) atoms. The lowest BCUT2D eigenvalue weighted by molar-refractivity contribution is -0.137. The Bertz CT molecular complexity index is 418. The molecule has 0 aliphatic carbocycles. The summed E-state index contributed by atoms with van der Waals surface area (Å²) < 4.78 is 4.63. The Morgan fingerprint density at radius 2 is 2.06 bits per heavy atom. The van der Waals surface area contributed by atoms with Crippen LogP contribution in [0.5, 0.6) is 0 Å². The maximum Gasteiger partial charge on any atom is 0.337 e. The van der Waals surface area contributed by atoms with E-state index in [2.05, 4.69) is 4.74 Å². The van der Waals surface area contributed by atoms with Crippen LogP contribution in [0, 0.1) is 0 Å². The number of esters is 1. The number of carbonyl (C=O) groups excluding carboxylic acids is 1. The van der Waals surface area contributed by atoms with Crippen LogP contribution in [0.15, 0.2) is 24.3 Å². The molecule has 2 rings (SSSR count). The molecule has 1 saturated heterocycles. The number of ether oxygens (including phenoxy) is 1. The Morgan fingerprint density at radius 1 is 1.39 bits per heavy atom. The lowest BCUT2D eigenvalue weighted by Gasteiger charge is -2.32. The third kappa shape index (κ3) is 2.69. The molecule has 0 aromatic heterocycles. The quantitative estimate of drug-likeness (QED) is 0.768. The van der Waals surface area contributed by atoms with Gasteiger partial charge in [-0.25, -0.2) is 4.79 Å². The van der Waals surface area contributed by atoms with E-state index in [0.29, 0.717) is 18.5 Å².